The Hall–Kier alpha value is -2.48. The zero-order chi connectivity index (χ0) is 15.4. The van der Waals surface area contributed by atoms with Gasteiger partial charge in [0.25, 0.3) is 0 Å². The van der Waals surface area contributed by atoms with Gasteiger partial charge in [-0.1, -0.05) is 5.10 Å². The Labute approximate surface area is 125 Å². The van der Waals surface area contributed by atoms with Gasteiger partial charge in [-0.2, -0.15) is 0 Å². The van der Waals surface area contributed by atoms with Crippen molar-refractivity contribution in [2.75, 3.05) is 19.0 Å². The van der Waals surface area contributed by atoms with Crippen LogP contribution in [0.4, 0.5) is 10.4 Å². The van der Waals surface area contributed by atoms with Crippen LogP contribution in [0.2, 0.25) is 0 Å². The van der Waals surface area contributed by atoms with Crippen molar-refractivity contribution in [3.05, 3.63) is 35.7 Å². The van der Waals surface area contributed by atoms with E-state index in [1.807, 2.05) is 0 Å². The Morgan fingerprint density at radius 1 is 1.36 bits per heavy atom. The third-order valence-corrected chi connectivity index (χ3v) is 3.09. The first-order valence-electron chi connectivity index (χ1n) is 6.94. The normalized spacial score (nSPS) is 11.2. The van der Waals surface area contributed by atoms with Gasteiger partial charge in [-0.15, -0.1) is 5.10 Å². The number of ether oxygens (including phenoxy) is 1. The molecule has 0 aliphatic rings. The van der Waals surface area contributed by atoms with Gasteiger partial charge < -0.3 is 19.5 Å². The molecule has 0 bridgehead atoms. The summed E-state index contributed by atoms with van der Waals surface area (Å²) >= 11 is 0. The number of hydrogen-bond donors (Lipinski definition) is 2. The highest BCUT2D eigenvalue weighted by Crippen LogP contribution is 2.14. The monoisotopic (exact) mass is 305 g/mol. The van der Waals surface area contributed by atoms with Crippen LogP contribution < -0.4 is 5.32 Å². The molecule has 3 aromatic rings. The van der Waals surface area contributed by atoms with E-state index in [2.05, 4.69) is 25.5 Å². The number of methoxy groups -OCH3 is 1. The number of aryl methyl sites for hydroxylation is 1. The van der Waals surface area contributed by atoms with E-state index < -0.39 is 0 Å². The Morgan fingerprint density at radius 3 is 3.14 bits per heavy atom. The van der Waals surface area contributed by atoms with Gasteiger partial charge in [0.2, 0.25) is 5.89 Å². The molecule has 2 heterocycles. The molecule has 0 aliphatic heterocycles. The van der Waals surface area contributed by atoms with Crippen molar-refractivity contribution in [3.63, 3.8) is 0 Å². The van der Waals surface area contributed by atoms with Crippen LogP contribution in [-0.2, 0) is 17.8 Å². The van der Waals surface area contributed by atoms with Crippen LogP contribution in [-0.4, -0.2) is 33.8 Å². The van der Waals surface area contributed by atoms with Gasteiger partial charge in [0.05, 0.1) is 11.0 Å². The van der Waals surface area contributed by atoms with Crippen LogP contribution >= 0.6 is 0 Å². The summed E-state index contributed by atoms with van der Waals surface area (Å²) in [5, 5.41) is 10.7. The maximum atomic E-state index is 13.1. The standard InChI is InChI=1S/C14H16FN5O2/c1-21-8-13-19-20-14(22-13)16-6-2-3-12-17-10-5-4-9(15)7-11(10)18-12/h4-5,7H,2-3,6,8H2,1H3,(H,16,20)(H,17,18). The van der Waals surface area contributed by atoms with Gasteiger partial charge >= 0.3 is 6.01 Å². The SMILES string of the molecule is COCc1nnc(NCCCc2nc3ccc(F)cc3[nH]2)o1. The average molecular weight is 305 g/mol. The maximum Gasteiger partial charge on any atom is 0.315 e. The van der Waals surface area contributed by atoms with Crippen molar-refractivity contribution >= 4 is 17.0 Å². The molecule has 2 N–H and O–H groups in total. The summed E-state index contributed by atoms with van der Waals surface area (Å²) in [6, 6.07) is 4.89. The summed E-state index contributed by atoms with van der Waals surface area (Å²) in [7, 11) is 1.57. The number of nitrogens with one attached hydrogen (secondary N) is 2. The minimum Gasteiger partial charge on any atom is -0.406 e. The Bertz CT molecular complexity index is 755. The van der Waals surface area contributed by atoms with Crippen molar-refractivity contribution < 1.29 is 13.5 Å². The van der Waals surface area contributed by atoms with E-state index in [0.717, 1.165) is 24.2 Å². The van der Waals surface area contributed by atoms with Gasteiger partial charge in [-0.3, -0.25) is 0 Å². The van der Waals surface area contributed by atoms with E-state index in [9.17, 15) is 4.39 Å². The number of hydrogen-bond acceptors (Lipinski definition) is 6. The molecular formula is C14H16FN5O2. The maximum absolute atomic E-state index is 13.1. The summed E-state index contributed by atoms with van der Waals surface area (Å²) in [6.45, 7) is 0.963. The van der Waals surface area contributed by atoms with E-state index in [4.69, 9.17) is 9.15 Å². The van der Waals surface area contributed by atoms with Crippen molar-refractivity contribution in [1.82, 2.24) is 20.2 Å². The second-order valence-electron chi connectivity index (χ2n) is 4.81. The molecule has 116 valence electrons. The third-order valence-electron chi connectivity index (χ3n) is 3.09. The lowest BCUT2D eigenvalue weighted by Crippen LogP contribution is -2.03. The topological polar surface area (TPSA) is 88.9 Å². The summed E-state index contributed by atoms with van der Waals surface area (Å²) in [5.41, 5.74) is 1.48. The summed E-state index contributed by atoms with van der Waals surface area (Å²) < 4.78 is 23.3. The Morgan fingerprint density at radius 2 is 2.27 bits per heavy atom. The Balaban J connectivity index is 1.49. The average Bonchev–Trinajstić information content (AvgIpc) is 3.10. The molecule has 0 radical (unpaired) electrons. The van der Waals surface area contributed by atoms with Crippen LogP contribution in [0.1, 0.15) is 18.1 Å². The lowest BCUT2D eigenvalue weighted by atomic mass is 10.3. The molecule has 0 spiro atoms. The molecule has 0 atom stereocenters. The van der Waals surface area contributed by atoms with Gasteiger partial charge in [0.15, 0.2) is 0 Å². The minimum atomic E-state index is -0.271. The third kappa shape index (κ3) is 3.40. The molecule has 0 amide bonds. The quantitative estimate of drug-likeness (QED) is 0.651. The molecule has 0 saturated heterocycles. The lowest BCUT2D eigenvalue weighted by molar-refractivity contribution is 0.160. The number of aromatic amines is 1. The van der Waals surface area contributed by atoms with Crippen LogP contribution in [0, 0.1) is 5.82 Å². The number of aromatic nitrogens is 4. The highest BCUT2D eigenvalue weighted by Gasteiger charge is 2.06. The zero-order valence-corrected chi connectivity index (χ0v) is 12.1. The largest absolute Gasteiger partial charge is 0.406 e. The van der Waals surface area contributed by atoms with Crippen molar-refractivity contribution in [1.29, 1.82) is 0 Å². The molecule has 1 aromatic carbocycles. The fourth-order valence-electron chi connectivity index (χ4n) is 2.11. The number of nitrogens with zero attached hydrogens (tertiary/aromatic N) is 3. The second-order valence-corrected chi connectivity index (χ2v) is 4.81. The number of anilines is 1. The predicted molar refractivity (Wildman–Crippen MR) is 77.9 cm³/mol. The molecule has 0 fully saturated rings. The van der Waals surface area contributed by atoms with E-state index in [1.165, 1.54) is 12.1 Å². The molecular weight excluding hydrogens is 289 g/mol. The molecule has 0 saturated carbocycles. The summed E-state index contributed by atoms with van der Waals surface area (Å²) in [6.07, 6.45) is 1.56. The summed E-state index contributed by atoms with van der Waals surface area (Å²) in [5.74, 6) is 0.991. The number of halogens is 1. The molecule has 2 aromatic heterocycles. The first-order valence-corrected chi connectivity index (χ1v) is 6.94. The van der Waals surface area contributed by atoms with Crippen molar-refractivity contribution in [2.45, 2.75) is 19.4 Å². The number of rotatable bonds is 7. The minimum absolute atomic E-state index is 0.271. The van der Waals surface area contributed by atoms with Gasteiger partial charge in [0, 0.05) is 20.1 Å². The smallest absolute Gasteiger partial charge is 0.315 e. The number of imidazole rings is 1. The second kappa shape index (κ2) is 6.52. The van der Waals surface area contributed by atoms with E-state index in [1.54, 1.807) is 13.2 Å². The molecule has 0 unspecified atom stereocenters. The molecule has 7 nitrogen and oxygen atoms in total. The zero-order valence-electron chi connectivity index (χ0n) is 12.1. The van der Waals surface area contributed by atoms with Gasteiger partial charge in [0.1, 0.15) is 18.2 Å². The van der Waals surface area contributed by atoms with Crippen molar-refractivity contribution in [3.8, 4) is 0 Å². The Kier molecular flexibility index (Phi) is 4.29. The van der Waals surface area contributed by atoms with E-state index in [-0.39, 0.29) is 5.82 Å². The van der Waals surface area contributed by atoms with Crippen LogP contribution in [0.25, 0.3) is 11.0 Å². The van der Waals surface area contributed by atoms with E-state index in [0.29, 0.717) is 30.6 Å². The summed E-state index contributed by atoms with van der Waals surface area (Å²) in [4.78, 5) is 7.52. The first-order chi connectivity index (χ1) is 10.7. The van der Waals surface area contributed by atoms with Crippen LogP contribution in [0.5, 0.6) is 0 Å². The first kappa shape index (κ1) is 14.5. The molecule has 22 heavy (non-hydrogen) atoms. The van der Waals surface area contributed by atoms with Gasteiger partial charge in [-0.25, -0.2) is 9.37 Å². The fraction of sp³-hybridized carbons (Fsp3) is 0.357. The highest BCUT2D eigenvalue weighted by molar-refractivity contribution is 5.74. The fourth-order valence-corrected chi connectivity index (χ4v) is 2.11. The van der Waals surface area contributed by atoms with Crippen LogP contribution in [0.3, 0.4) is 0 Å². The number of benzene rings is 1. The number of fused-ring (bicyclic) bond motifs is 1. The molecule has 0 aliphatic carbocycles. The highest BCUT2D eigenvalue weighted by atomic mass is 19.1. The predicted octanol–water partition coefficient (Wildman–Crippen LogP) is 2.28. The van der Waals surface area contributed by atoms with Crippen molar-refractivity contribution in [2.24, 2.45) is 0 Å². The molecule has 8 heteroatoms. The van der Waals surface area contributed by atoms with Gasteiger partial charge in [-0.05, 0) is 24.6 Å². The van der Waals surface area contributed by atoms with E-state index >= 15 is 0 Å². The van der Waals surface area contributed by atoms with Crippen LogP contribution in [0.15, 0.2) is 22.6 Å². The molecule has 3 rings (SSSR count). The lowest BCUT2D eigenvalue weighted by Gasteiger charge is -1.99. The number of H-pyrrole nitrogens is 1.